The molecule has 20 heteroatoms. The van der Waals surface area contributed by atoms with Crippen LogP contribution in [0.3, 0.4) is 0 Å². The van der Waals surface area contributed by atoms with Gasteiger partial charge in [0.25, 0.3) is 23.4 Å². The van der Waals surface area contributed by atoms with E-state index in [1.165, 1.54) is 39.1 Å². The van der Waals surface area contributed by atoms with Gasteiger partial charge in [-0.05, 0) is 86.3 Å². The third kappa shape index (κ3) is 10.5. The number of rotatable bonds is 9. The number of carbonyl (C=O) groups excluding carboxylic acids is 3. The van der Waals surface area contributed by atoms with Gasteiger partial charge >= 0.3 is 15.0 Å². The predicted molar refractivity (Wildman–Crippen MR) is 187 cm³/mol. The van der Waals surface area contributed by atoms with Gasteiger partial charge in [-0.2, -0.15) is 0 Å². The molecule has 5 rings (SSSR count). The molecule has 2 aliphatic heterocycles. The quantitative estimate of drug-likeness (QED) is 0.0897. The largest absolute Gasteiger partial charge is 0.322 e. The first-order valence-electron chi connectivity index (χ1n) is 15.7. The summed E-state index contributed by atoms with van der Waals surface area (Å²) in [5, 5.41) is 32.1. The first-order chi connectivity index (χ1) is 24.4. The van der Waals surface area contributed by atoms with Gasteiger partial charge in [0.1, 0.15) is 0 Å². The number of hydrogen-bond donors (Lipinski definition) is 5. The highest BCUT2D eigenvalue weighted by molar-refractivity contribution is 7.65. The van der Waals surface area contributed by atoms with Crippen LogP contribution in [-0.2, 0) is 27.8 Å². The zero-order valence-electron chi connectivity index (χ0n) is 27.2. The molecule has 2 unspecified atom stereocenters. The smallest absolute Gasteiger partial charge is 0.302 e. The lowest BCUT2D eigenvalue weighted by Gasteiger charge is -2.28. The maximum Gasteiger partial charge on any atom is 0.302 e. The van der Waals surface area contributed by atoms with Crippen LogP contribution in [-0.4, -0.2) is 81.8 Å². The highest BCUT2D eigenvalue weighted by atomic mass is 35.5. The Labute approximate surface area is 297 Å². The second-order valence-corrected chi connectivity index (χ2v) is 16.4. The van der Waals surface area contributed by atoms with Gasteiger partial charge in [-0.3, -0.25) is 44.0 Å². The van der Waals surface area contributed by atoms with Crippen LogP contribution in [0.4, 0.5) is 11.4 Å². The SMILES string of the molecule is O=C(CN1CCCCOP1(=O)c1ccc(NC(=O)c2ccc(Cl)cc2)cc1)NO.O=C(CN1CCCCOP1(=O)c1ccc([N+](=O)[O-])cc1)NO. The van der Waals surface area contributed by atoms with E-state index in [4.69, 9.17) is 31.1 Å². The second kappa shape index (κ2) is 18.5. The molecule has 0 aliphatic carbocycles. The van der Waals surface area contributed by atoms with Crippen molar-refractivity contribution in [3.05, 3.63) is 93.5 Å². The zero-order chi connectivity index (χ0) is 37.0. The summed E-state index contributed by atoms with van der Waals surface area (Å²) in [5.74, 6) is -1.66. The fraction of sp³-hybridized carbons (Fsp3) is 0.323. The number of anilines is 1. The molecule has 0 saturated carbocycles. The first kappa shape index (κ1) is 39.8. The van der Waals surface area contributed by atoms with Gasteiger partial charge < -0.3 is 14.4 Å². The fourth-order valence-corrected chi connectivity index (χ4v) is 9.77. The third-order valence-electron chi connectivity index (χ3n) is 7.74. The number of amides is 3. The molecule has 274 valence electrons. The number of halogens is 1. The van der Waals surface area contributed by atoms with E-state index in [0.29, 0.717) is 54.1 Å². The van der Waals surface area contributed by atoms with Crippen molar-refractivity contribution in [3.63, 3.8) is 0 Å². The highest BCUT2D eigenvalue weighted by Gasteiger charge is 2.38. The van der Waals surface area contributed by atoms with E-state index in [-0.39, 0.29) is 36.6 Å². The minimum Gasteiger partial charge on any atom is -0.322 e. The summed E-state index contributed by atoms with van der Waals surface area (Å²) in [5.41, 5.74) is 3.92. The Hall–Kier alpha value is -4.02. The van der Waals surface area contributed by atoms with Crippen LogP contribution in [0.15, 0.2) is 72.8 Å². The Bertz CT molecular complexity index is 1780. The second-order valence-electron chi connectivity index (χ2n) is 11.2. The monoisotopic (exact) mass is 766 g/mol. The molecule has 2 aliphatic rings. The molecular formula is C31H37ClN6O11P2. The van der Waals surface area contributed by atoms with Crippen molar-refractivity contribution in [3.8, 4) is 0 Å². The molecule has 17 nitrogen and oxygen atoms in total. The van der Waals surface area contributed by atoms with Gasteiger partial charge in [0.15, 0.2) is 0 Å². The van der Waals surface area contributed by atoms with E-state index in [9.17, 15) is 33.6 Å². The van der Waals surface area contributed by atoms with E-state index in [0.717, 1.165) is 12.8 Å². The Balaban J connectivity index is 0.000000238. The van der Waals surface area contributed by atoms with E-state index in [1.807, 2.05) is 0 Å². The van der Waals surface area contributed by atoms with Crippen molar-refractivity contribution in [2.75, 3.05) is 44.7 Å². The summed E-state index contributed by atoms with van der Waals surface area (Å²) in [7, 11) is -6.97. The Kier molecular flexibility index (Phi) is 14.4. The average molecular weight is 767 g/mol. The van der Waals surface area contributed by atoms with Crippen LogP contribution in [0.2, 0.25) is 5.02 Å². The fourth-order valence-electron chi connectivity index (χ4n) is 5.12. The van der Waals surface area contributed by atoms with Crippen LogP contribution < -0.4 is 26.9 Å². The van der Waals surface area contributed by atoms with E-state index in [1.54, 1.807) is 54.0 Å². The van der Waals surface area contributed by atoms with Crippen molar-refractivity contribution in [1.29, 1.82) is 0 Å². The van der Waals surface area contributed by atoms with Gasteiger partial charge in [-0.15, -0.1) is 0 Å². The van der Waals surface area contributed by atoms with Gasteiger partial charge in [-0.25, -0.2) is 20.3 Å². The maximum absolute atomic E-state index is 13.6. The van der Waals surface area contributed by atoms with Crippen molar-refractivity contribution in [2.24, 2.45) is 0 Å². The standard InChI is InChI=1S/C19H21ClN3O5P.C12H16N3O6P/c20-15-5-3-14(4-6-15)19(25)21-16-7-9-17(10-8-16)29(27)23(13-18(24)22-26)11-1-2-12-28-29;16-12(13-17)9-14-7-1-2-8-21-22(14,20)11-5-3-10(4-6-11)15(18)19/h3-10,26H,1-2,11-13H2,(H,21,25)(H,22,24);3-6,17H,1-2,7-9H2,(H,13,16). The number of nitrogens with one attached hydrogen (secondary N) is 3. The van der Waals surface area contributed by atoms with E-state index < -0.39 is 31.8 Å². The molecule has 3 aromatic rings. The Morgan fingerprint density at radius 3 is 1.63 bits per heavy atom. The lowest BCUT2D eigenvalue weighted by atomic mass is 10.2. The van der Waals surface area contributed by atoms with Crippen LogP contribution >= 0.6 is 26.6 Å². The summed E-state index contributed by atoms with van der Waals surface area (Å²) in [6, 6.07) is 18.2. The van der Waals surface area contributed by atoms with E-state index >= 15 is 0 Å². The summed E-state index contributed by atoms with van der Waals surface area (Å²) < 4.78 is 40.7. The number of nitro groups is 1. The van der Waals surface area contributed by atoms with Gasteiger partial charge in [0.2, 0.25) is 0 Å². The lowest BCUT2D eigenvalue weighted by molar-refractivity contribution is -0.384. The van der Waals surface area contributed by atoms with Crippen molar-refractivity contribution >= 4 is 66.3 Å². The summed E-state index contributed by atoms with van der Waals surface area (Å²) >= 11 is 5.83. The molecule has 2 heterocycles. The molecule has 3 amide bonds. The molecule has 5 N–H and O–H groups in total. The molecule has 0 spiro atoms. The van der Waals surface area contributed by atoms with Crippen LogP contribution in [0.1, 0.15) is 36.0 Å². The molecule has 2 atom stereocenters. The summed E-state index contributed by atoms with van der Waals surface area (Å²) in [6.07, 6.45) is 2.82. The normalized spacial score (nSPS) is 21.2. The molecule has 0 bridgehead atoms. The molecule has 3 aromatic carbocycles. The van der Waals surface area contributed by atoms with Crippen molar-refractivity contribution < 1.29 is 47.9 Å². The number of hydrogen-bond acceptors (Lipinski definition) is 11. The van der Waals surface area contributed by atoms with Crippen molar-refractivity contribution in [1.82, 2.24) is 20.3 Å². The van der Waals surface area contributed by atoms with Crippen LogP contribution in [0, 0.1) is 10.1 Å². The predicted octanol–water partition coefficient (Wildman–Crippen LogP) is 4.06. The van der Waals surface area contributed by atoms with Gasteiger partial charge in [0.05, 0.1) is 41.8 Å². The number of nitro benzene ring substituents is 1. The molecule has 0 radical (unpaired) electrons. The number of nitrogens with zero attached hydrogens (tertiary/aromatic N) is 3. The minimum absolute atomic E-state index is 0.121. The molecule has 0 aromatic heterocycles. The molecular weight excluding hydrogens is 730 g/mol. The molecule has 2 saturated heterocycles. The zero-order valence-corrected chi connectivity index (χ0v) is 29.7. The topological polar surface area (TPSA) is 230 Å². The van der Waals surface area contributed by atoms with Crippen molar-refractivity contribution in [2.45, 2.75) is 25.7 Å². The average Bonchev–Trinajstić information content (AvgIpc) is 3.44. The number of benzene rings is 3. The van der Waals surface area contributed by atoms with Crippen LogP contribution in [0.25, 0.3) is 0 Å². The number of hydroxylamine groups is 2. The first-order valence-corrected chi connectivity index (χ1v) is 19.2. The molecule has 2 fully saturated rings. The van der Waals surface area contributed by atoms with Gasteiger partial charge in [0, 0.05) is 41.5 Å². The Morgan fingerprint density at radius 2 is 1.20 bits per heavy atom. The lowest BCUT2D eigenvalue weighted by Crippen LogP contribution is -2.36. The highest BCUT2D eigenvalue weighted by Crippen LogP contribution is 2.52. The van der Waals surface area contributed by atoms with Crippen LogP contribution in [0.5, 0.6) is 0 Å². The minimum atomic E-state index is -3.50. The number of carbonyl (C=O) groups is 3. The molecule has 51 heavy (non-hydrogen) atoms. The van der Waals surface area contributed by atoms with E-state index in [2.05, 4.69) is 5.32 Å². The summed E-state index contributed by atoms with van der Waals surface area (Å²) in [4.78, 5) is 45.4. The third-order valence-corrected chi connectivity index (χ3v) is 13.1. The van der Waals surface area contributed by atoms with Gasteiger partial charge in [-0.1, -0.05) is 11.6 Å². The Morgan fingerprint density at radius 1 is 0.745 bits per heavy atom. The maximum atomic E-state index is 13.6. The number of non-ortho nitro benzene ring substituents is 1. The summed E-state index contributed by atoms with van der Waals surface area (Å²) in [6.45, 7) is 0.810.